The van der Waals surface area contributed by atoms with E-state index in [4.69, 9.17) is 16.3 Å². The van der Waals surface area contributed by atoms with Gasteiger partial charge in [-0.15, -0.1) is 0 Å². The average Bonchev–Trinajstić information content (AvgIpc) is 2.71. The lowest BCUT2D eigenvalue weighted by molar-refractivity contribution is -0.114. The normalized spacial score (nSPS) is 10.8. The van der Waals surface area contributed by atoms with Gasteiger partial charge in [0.25, 0.3) is 10.0 Å². The summed E-state index contributed by atoms with van der Waals surface area (Å²) in [6.07, 6.45) is 0. The summed E-state index contributed by atoms with van der Waals surface area (Å²) in [6.45, 7) is 1.34. The topological polar surface area (TPSA) is 108 Å². The molecule has 0 fully saturated rings. The zero-order valence-corrected chi connectivity index (χ0v) is 17.6. The van der Waals surface area contributed by atoms with E-state index in [1.165, 1.54) is 61.5 Å². The highest BCUT2D eigenvalue weighted by Gasteiger charge is 2.16. The third kappa shape index (κ3) is 5.51. The first-order valence-corrected chi connectivity index (χ1v) is 10.6. The molecule has 3 rings (SSSR count). The van der Waals surface area contributed by atoms with Gasteiger partial charge in [0, 0.05) is 18.7 Å². The van der Waals surface area contributed by atoms with Gasteiger partial charge in [0.2, 0.25) is 5.91 Å². The Hall–Kier alpha value is -3.61. The minimum Gasteiger partial charge on any atom is -0.456 e. The minimum absolute atomic E-state index is 0.0305. The van der Waals surface area contributed by atoms with Crippen molar-refractivity contribution in [2.45, 2.75) is 11.8 Å². The summed E-state index contributed by atoms with van der Waals surface area (Å²) < 4.78 is 46.7. The van der Waals surface area contributed by atoms with Crippen LogP contribution in [0.15, 0.2) is 65.6 Å². The molecule has 31 heavy (non-hydrogen) atoms. The Morgan fingerprint density at radius 1 is 1.06 bits per heavy atom. The Kier molecular flexibility index (Phi) is 6.44. The molecular weight excluding hydrogens is 445 g/mol. The van der Waals surface area contributed by atoms with Gasteiger partial charge in [-0.25, -0.2) is 12.8 Å². The number of hydrogen-bond acceptors (Lipinski definition) is 5. The molecule has 0 heterocycles. The van der Waals surface area contributed by atoms with E-state index in [1.807, 2.05) is 6.07 Å². The third-order valence-electron chi connectivity index (χ3n) is 3.96. The van der Waals surface area contributed by atoms with E-state index in [2.05, 4.69) is 10.0 Å². The Morgan fingerprint density at radius 3 is 2.35 bits per heavy atom. The SMILES string of the molecule is CC(=O)Nc1ccc(S(=O)(=O)Nc2ccc(Oc3ccc(Cl)c(F)c3)c(C#N)c2)cc1. The van der Waals surface area contributed by atoms with Crippen molar-refractivity contribution < 1.29 is 22.3 Å². The molecule has 3 aromatic carbocycles. The summed E-state index contributed by atoms with van der Waals surface area (Å²) in [5.74, 6) is -0.703. The highest BCUT2D eigenvalue weighted by atomic mass is 35.5. The van der Waals surface area contributed by atoms with Gasteiger partial charge in [-0.3, -0.25) is 9.52 Å². The number of benzene rings is 3. The van der Waals surface area contributed by atoms with Gasteiger partial charge in [-0.1, -0.05) is 11.6 Å². The molecule has 0 radical (unpaired) electrons. The smallest absolute Gasteiger partial charge is 0.261 e. The summed E-state index contributed by atoms with van der Waals surface area (Å²) >= 11 is 5.64. The summed E-state index contributed by atoms with van der Waals surface area (Å²) in [4.78, 5) is 11.0. The van der Waals surface area contributed by atoms with Crippen LogP contribution in [0.5, 0.6) is 11.5 Å². The van der Waals surface area contributed by atoms with Crippen molar-refractivity contribution in [1.29, 1.82) is 5.26 Å². The monoisotopic (exact) mass is 459 g/mol. The number of carbonyl (C=O) groups excluding carboxylic acids is 1. The molecule has 2 N–H and O–H groups in total. The van der Waals surface area contributed by atoms with E-state index < -0.39 is 15.8 Å². The Bertz CT molecular complexity index is 1290. The van der Waals surface area contributed by atoms with Crippen molar-refractivity contribution >= 4 is 38.9 Å². The highest BCUT2D eigenvalue weighted by molar-refractivity contribution is 7.92. The number of nitriles is 1. The van der Waals surface area contributed by atoms with Crippen LogP contribution in [0.3, 0.4) is 0 Å². The number of nitrogens with one attached hydrogen (secondary N) is 2. The van der Waals surface area contributed by atoms with Crippen LogP contribution in [0.25, 0.3) is 0 Å². The predicted molar refractivity (Wildman–Crippen MR) is 114 cm³/mol. The number of halogens is 2. The number of amides is 1. The van der Waals surface area contributed by atoms with E-state index in [1.54, 1.807) is 0 Å². The molecular formula is C21H15ClFN3O4S. The van der Waals surface area contributed by atoms with Crippen LogP contribution in [0.2, 0.25) is 5.02 Å². The lowest BCUT2D eigenvalue weighted by atomic mass is 10.2. The second-order valence-electron chi connectivity index (χ2n) is 6.31. The molecule has 0 atom stereocenters. The number of carbonyl (C=O) groups is 1. The summed E-state index contributed by atoms with van der Waals surface area (Å²) in [5.41, 5.74) is 0.632. The molecule has 0 aliphatic heterocycles. The van der Waals surface area contributed by atoms with Crippen molar-refractivity contribution in [2.75, 3.05) is 10.0 Å². The van der Waals surface area contributed by atoms with Gasteiger partial charge >= 0.3 is 0 Å². The number of sulfonamides is 1. The molecule has 0 saturated heterocycles. The maximum atomic E-state index is 13.6. The number of rotatable bonds is 6. The van der Waals surface area contributed by atoms with E-state index in [0.717, 1.165) is 6.07 Å². The highest BCUT2D eigenvalue weighted by Crippen LogP contribution is 2.30. The molecule has 0 aliphatic rings. The summed E-state index contributed by atoms with van der Waals surface area (Å²) in [5, 5.41) is 11.9. The van der Waals surface area contributed by atoms with Gasteiger partial charge < -0.3 is 10.1 Å². The van der Waals surface area contributed by atoms with Gasteiger partial charge in [-0.2, -0.15) is 5.26 Å². The number of hydrogen-bond donors (Lipinski definition) is 2. The Balaban J connectivity index is 1.81. The average molecular weight is 460 g/mol. The first-order valence-electron chi connectivity index (χ1n) is 8.75. The van der Waals surface area contributed by atoms with Crippen LogP contribution in [0.1, 0.15) is 12.5 Å². The van der Waals surface area contributed by atoms with E-state index in [-0.39, 0.29) is 38.6 Å². The fourth-order valence-corrected chi connectivity index (χ4v) is 3.74. The second-order valence-corrected chi connectivity index (χ2v) is 8.40. The third-order valence-corrected chi connectivity index (χ3v) is 5.66. The molecule has 0 aromatic heterocycles. The van der Waals surface area contributed by atoms with Crippen LogP contribution in [-0.4, -0.2) is 14.3 Å². The van der Waals surface area contributed by atoms with Crippen LogP contribution >= 0.6 is 11.6 Å². The van der Waals surface area contributed by atoms with E-state index in [9.17, 15) is 22.9 Å². The summed E-state index contributed by atoms with van der Waals surface area (Å²) in [7, 11) is -3.94. The van der Waals surface area contributed by atoms with Gasteiger partial charge in [0.1, 0.15) is 23.4 Å². The standard InChI is InChI=1S/C21H15ClFN3O4S/c1-13(27)25-15-2-6-18(7-3-15)31(28,29)26-16-4-9-21(14(10-16)12-24)30-17-5-8-19(22)20(23)11-17/h2-11,26H,1H3,(H,25,27). The molecule has 0 bridgehead atoms. The van der Waals surface area contributed by atoms with Crippen molar-refractivity contribution in [3.8, 4) is 17.6 Å². The molecule has 7 nitrogen and oxygen atoms in total. The van der Waals surface area contributed by atoms with E-state index in [0.29, 0.717) is 5.69 Å². The lowest BCUT2D eigenvalue weighted by Crippen LogP contribution is -2.13. The minimum atomic E-state index is -3.94. The quantitative estimate of drug-likeness (QED) is 0.544. The molecule has 0 aliphatic carbocycles. The van der Waals surface area contributed by atoms with Gasteiger partial charge in [0.05, 0.1) is 21.2 Å². The summed E-state index contributed by atoms with van der Waals surface area (Å²) in [6, 6.07) is 15.4. The molecule has 0 unspecified atom stereocenters. The zero-order valence-electron chi connectivity index (χ0n) is 16.0. The fraction of sp³-hybridized carbons (Fsp3) is 0.0476. The fourth-order valence-electron chi connectivity index (χ4n) is 2.57. The molecule has 0 spiro atoms. The number of anilines is 2. The first-order chi connectivity index (χ1) is 14.7. The Morgan fingerprint density at radius 2 is 1.74 bits per heavy atom. The second kappa shape index (κ2) is 9.04. The van der Waals surface area contributed by atoms with Gasteiger partial charge in [-0.05, 0) is 54.6 Å². The van der Waals surface area contributed by atoms with Gasteiger partial charge in [0.15, 0.2) is 0 Å². The zero-order chi connectivity index (χ0) is 22.6. The van der Waals surface area contributed by atoms with Crippen LogP contribution in [0.4, 0.5) is 15.8 Å². The van der Waals surface area contributed by atoms with E-state index >= 15 is 0 Å². The molecule has 158 valence electrons. The lowest BCUT2D eigenvalue weighted by Gasteiger charge is -2.12. The molecule has 3 aromatic rings. The van der Waals surface area contributed by atoms with Crippen molar-refractivity contribution in [3.63, 3.8) is 0 Å². The molecule has 1 amide bonds. The van der Waals surface area contributed by atoms with Crippen molar-refractivity contribution in [2.24, 2.45) is 0 Å². The number of nitrogens with zero attached hydrogens (tertiary/aromatic N) is 1. The van der Waals surface area contributed by atoms with Crippen molar-refractivity contribution in [3.05, 3.63) is 77.1 Å². The van der Waals surface area contributed by atoms with Crippen LogP contribution in [0, 0.1) is 17.1 Å². The van der Waals surface area contributed by atoms with Crippen LogP contribution in [-0.2, 0) is 14.8 Å². The van der Waals surface area contributed by atoms with Crippen molar-refractivity contribution in [1.82, 2.24) is 0 Å². The number of ether oxygens (including phenoxy) is 1. The van der Waals surface area contributed by atoms with Crippen LogP contribution < -0.4 is 14.8 Å². The predicted octanol–water partition coefficient (Wildman–Crippen LogP) is 4.90. The maximum absolute atomic E-state index is 13.6. The molecule has 0 saturated carbocycles. The molecule has 10 heteroatoms. The Labute approximate surface area is 183 Å². The first kappa shape index (κ1) is 22.1. The largest absolute Gasteiger partial charge is 0.456 e. The maximum Gasteiger partial charge on any atom is 0.261 e.